The summed E-state index contributed by atoms with van der Waals surface area (Å²) in [5.41, 5.74) is 0.271. The molecule has 18 heavy (non-hydrogen) atoms. The number of hydrogen-bond acceptors (Lipinski definition) is 2. The van der Waals surface area contributed by atoms with Gasteiger partial charge in [-0.15, -0.1) is 0 Å². The van der Waals surface area contributed by atoms with Gasteiger partial charge in [0.05, 0.1) is 5.92 Å². The summed E-state index contributed by atoms with van der Waals surface area (Å²) < 4.78 is 13.1. The maximum Gasteiger partial charge on any atom is 0.307 e. The van der Waals surface area contributed by atoms with Gasteiger partial charge in [-0.2, -0.15) is 0 Å². The summed E-state index contributed by atoms with van der Waals surface area (Å²) >= 11 is 0. The van der Waals surface area contributed by atoms with Crippen LogP contribution in [0.25, 0.3) is 0 Å². The standard InChI is InChI=1S/C14H15FO3/c15-10-5-3-4-9(8-10)13(16)11-6-1-2-7-12(11)14(17)18/h3-5,8,11-12H,1-2,6-7H2,(H,17,18)/t11-,12-/m1/s1. The first-order valence-electron chi connectivity index (χ1n) is 6.12. The summed E-state index contributed by atoms with van der Waals surface area (Å²) in [6.07, 6.45) is 2.80. The molecule has 0 saturated heterocycles. The molecule has 0 bridgehead atoms. The van der Waals surface area contributed by atoms with E-state index in [2.05, 4.69) is 0 Å². The Balaban J connectivity index is 2.23. The predicted octanol–water partition coefficient (Wildman–Crippen LogP) is 2.90. The Morgan fingerprint density at radius 1 is 1.17 bits per heavy atom. The van der Waals surface area contributed by atoms with Crippen molar-refractivity contribution in [1.82, 2.24) is 0 Å². The molecule has 0 amide bonds. The van der Waals surface area contributed by atoms with Gasteiger partial charge in [0, 0.05) is 11.5 Å². The third-order valence-corrected chi connectivity index (χ3v) is 3.53. The Bertz CT molecular complexity index is 470. The molecule has 0 radical (unpaired) electrons. The highest BCUT2D eigenvalue weighted by Crippen LogP contribution is 2.32. The molecule has 2 rings (SSSR count). The van der Waals surface area contributed by atoms with E-state index in [1.807, 2.05) is 0 Å². The summed E-state index contributed by atoms with van der Waals surface area (Å²) in [5.74, 6) is -2.79. The van der Waals surface area contributed by atoms with Crippen LogP contribution in [-0.2, 0) is 4.79 Å². The van der Waals surface area contributed by atoms with E-state index in [1.54, 1.807) is 6.07 Å². The fraction of sp³-hybridized carbons (Fsp3) is 0.429. The molecule has 1 N–H and O–H groups in total. The van der Waals surface area contributed by atoms with Gasteiger partial charge in [-0.3, -0.25) is 9.59 Å². The van der Waals surface area contributed by atoms with Crippen LogP contribution in [0.5, 0.6) is 0 Å². The van der Waals surface area contributed by atoms with Crippen molar-refractivity contribution in [3.05, 3.63) is 35.6 Å². The van der Waals surface area contributed by atoms with Crippen molar-refractivity contribution >= 4 is 11.8 Å². The molecular weight excluding hydrogens is 235 g/mol. The summed E-state index contributed by atoms with van der Waals surface area (Å²) in [4.78, 5) is 23.4. The minimum Gasteiger partial charge on any atom is -0.481 e. The monoisotopic (exact) mass is 250 g/mol. The number of carbonyl (C=O) groups excluding carboxylic acids is 1. The quantitative estimate of drug-likeness (QED) is 0.839. The number of hydrogen-bond donors (Lipinski definition) is 1. The predicted molar refractivity (Wildman–Crippen MR) is 63.8 cm³/mol. The number of rotatable bonds is 3. The average molecular weight is 250 g/mol. The van der Waals surface area contributed by atoms with Gasteiger partial charge in [0.2, 0.25) is 0 Å². The number of aliphatic carboxylic acids is 1. The lowest BCUT2D eigenvalue weighted by atomic mass is 9.75. The van der Waals surface area contributed by atoms with Crippen molar-refractivity contribution in [2.45, 2.75) is 25.7 Å². The summed E-state index contributed by atoms with van der Waals surface area (Å²) in [6.45, 7) is 0. The molecule has 1 aromatic carbocycles. The Morgan fingerprint density at radius 2 is 1.83 bits per heavy atom. The Hall–Kier alpha value is -1.71. The number of carboxylic acids is 1. The number of ketones is 1. The van der Waals surface area contributed by atoms with Crippen molar-refractivity contribution in [2.24, 2.45) is 11.8 Å². The minimum atomic E-state index is -0.926. The van der Waals surface area contributed by atoms with E-state index >= 15 is 0 Å². The van der Waals surface area contributed by atoms with Gasteiger partial charge in [0.1, 0.15) is 5.82 Å². The molecule has 0 heterocycles. The molecule has 96 valence electrons. The van der Waals surface area contributed by atoms with Crippen molar-refractivity contribution in [3.63, 3.8) is 0 Å². The van der Waals surface area contributed by atoms with E-state index in [4.69, 9.17) is 5.11 Å². The second-order valence-corrected chi connectivity index (χ2v) is 4.71. The van der Waals surface area contributed by atoms with Crippen LogP contribution in [0.4, 0.5) is 4.39 Å². The number of Topliss-reactive ketones (excluding diaryl/α,β-unsaturated/α-hetero) is 1. The normalized spacial score (nSPS) is 23.6. The van der Waals surface area contributed by atoms with Gasteiger partial charge in [-0.1, -0.05) is 25.0 Å². The first-order chi connectivity index (χ1) is 8.59. The van der Waals surface area contributed by atoms with Gasteiger partial charge in [-0.25, -0.2) is 4.39 Å². The zero-order valence-electron chi connectivity index (χ0n) is 9.93. The van der Waals surface area contributed by atoms with Crippen LogP contribution in [0.15, 0.2) is 24.3 Å². The maximum atomic E-state index is 13.1. The highest BCUT2D eigenvalue weighted by molar-refractivity contribution is 5.99. The smallest absolute Gasteiger partial charge is 0.307 e. The van der Waals surface area contributed by atoms with E-state index < -0.39 is 23.6 Å². The van der Waals surface area contributed by atoms with E-state index in [0.29, 0.717) is 12.8 Å². The van der Waals surface area contributed by atoms with E-state index in [9.17, 15) is 14.0 Å². The minimum absolute atomic E-state index is 0.249. The van der Waals surface area contributed by atoms with Crippen molar-refractivity contribution in [1.29, 1.82) is 0 Å². The molecule has 0 aliphatic heterocycles. The van der Waals surface area contributed by atoms with Crippen molar-refractivity contribution in [2.75, 3.05) is 0 Å². The van der Waals surface area contributed by atoms with Crippen LogP contribution in [0.1, 0.15) is 36.0 Å². The number of carboxylic acid groups (broad SMARTS) is 1. The van der Waals surface area contributed by atoms with Gasteiger partial charge in [0.15, 0.2) is 5.78 Å². The second kappa shape index (κ2) is 5.29. The van der Waals surface area contributed by atoms with Crippen LogP contribution in [-0.4, -0.2) is 16.9 Å². The van der Waals surface area contributed by atoms with Crippen molar-refractivity contribution < 1.29 is 19.1 Å². The van der Waals surface area contributed by atoms with E-state index in [0.717, 1.165) is 12.8 Å². The second-order valence-electron chi connectivity index (χ2n) is 4.71. The number of carbonyl (C=O) groups is 2. The SMILES string of the molecule is O=C(O)[C@@H]1CCCC[C@H]1C(=O)c1cccc(F)c1. The zero-order chi connectivity index (χ0) is 13.1. The van der Waals surface area contributed by atoms with Crippen LogP contribution >= 0.6 is 0 Å². The van der Waals surface area contributed by atoms with Crippen LogP contribution in [0.3, 0.4) is 0 Å². The highest BCUT2D eigenvalue weighted by Gasteiger charge is 2.35. The molecule has 1 saturated carbocycles. The molecule has 0 aromatic heterocycles. The van der Waals surface area contributed by atoms with Gasteiger partial charge in [-0.05, 0) is 25.0 Å². The molecule has 4 heteroatoms. The van der Waals surface area contributed by atoms with Crippen molar-refractivity contribution in [3.8, 4) is 0 Å². The third-order valence-electron chi connectivity index (χ3n) is 3.53. The molecule has 1 aliphatic carbocycles. The number of benzene rings is 1. The first kappa shape index (κ1) is 12.7. The highest BCUT2D eigenvalue weighted by atomic mass is 19.1. The molecule has 1 aliphatic rings. The Labute approximate surface area is 105 Å². The third kappa shape index (κ3) is 2.58. The van der Waals surface area contributed by atoms with Gasteiger partial charge in [0.25, 0.3) is 0 Å². The van der Waals surface area contributed by atoms with Crippen LogP contribution in [0, 0.1) is 17.7 Å². The molecule has 1 aromatic rings. The summed E-state index contributed by atoms with van der Waals surface area (Å²) in [6, 6.07) is 5.46. The maximum absolute atomic E-state index is 13.1. The van der Waals surface area contributed by atoms with Crippen LogP contribution in [0.2, 0.25) is 0 Å². The molecule has 3 nitrogen and oxygen atoms in total. The topological polar surface area (TPSA) is 54.4 Å². The Morgan fingerprint density at radius 3 is 2.44 bits per heavy atom. The average Bonchev–Trinajstić information content (AvgIpc) is 2.38. The van der Waals surface area contributed by atoms with E-state index in [1.165, 1.54) is 18.2 Å². The molecule has 0 unspecified atom stereocenters. The lowest BCUT2D eigenvalue weighted by Gasteiger charge is -2.27. The van der Waals surface area contributed by atoms with E-state index in [-0.39, 0.29) is 11.3 Å². The fourth-order valence-electron chi connectivity index (χ4n) is 2.60. The van der Waals surface area contributed by atoms with Gasteiger partial charge >= 0.3 is 5.97 Å². The molecular formula is C14H15FO3. The lowest BCUT2D eigenvalue weighted by Crippen LogP contribution is -2.32. The fourth-order valence-corrected chi connectivity index (χ4v) is 2.60. The summed E-state index contributed by atoms with van der Waals surface area (Å²) in [7, 11) is 0. The lowest BCUT2D eigenvalue weighted by molar-refractivity contribution is -0.144. The number of halogens is 1. The van der Waals surface area contributed by atoms with Gasteiger partial charge < -0.3 is 5.11 Å². The Kier molecular flexibility index (Phi) is 3.75. The molecule has 0 spiro atoms. The molecule has 2 atom stereocenters. The zero-order valence-corrected chi connectivity index (χ0v) is 9.93. The van der Waals surface area contributed by atoms with Crippen LogP contribution < -0.4 is 0 Å². The summed E-state index contributed by atoms with van der Waals surface area (Å²) in [5, 5.41) is 9.13. The first-order valence-corrected chi connectivity index (χ1v) is 6.12. The molecule has 1 fully saturated rings. The largest absolute Gasteiger partial charge is 0.481 e.